The molecule has 0 bridgehead atoms. The summed E-state index contributed by atoms with van der Waals surface area (Å²) in [6, 6.07) is 16.6. The largest absolute Gasteiger partial charge is 0.352 e. The number of pyridine rings is 1. The Morgan fingerprint density at radius 3 is 2.12 bits per heavy atom. The Hall–Kier alpha value is -3.72. The van der Waals surface area contributed by atoms with E-state index in [4.69, 9.17) is 0 Å². The average Bonchev–Trinajstić information content (AvgIpc) is 3.42. The molecule has 0 atom stereocenters. The van der Waals surface area contributed by atoms with Gasteiger partial charge >= 0.3 is 0 Å². The van der Waals surface area contributed by atoms with Gasteiger partial charge in [0.2, 0.25) is 9.84 Å². The summed E-state index contributed by atoms with van der Waals surface area (Å²) in [6.07, 6.45) is 5.40. The molecule has 1 aromatic heterocycles. The van der Waals surface area contributed by atoms with E-state index in [-0.39, 0.29) is 15.7 Å². The lowest BCUT2D eigenvalue weighted by Crippen LogP contribution is -2.30. The van der Waals surface area contributed by atoms with Gasteiger partial charge in [0.1, 0.15) is 0 Å². The summed E-state index contributed by atoms with van der Waals surface area (Å²) in [7, 11) is -2.00. The maximum atomic E-state index is 13.1. The molecular formula is C25H27N5O3S. The highest BCUT2D eigenvalue weighted by atomic mass is 32.2. The number of sulfone groups is 1. The Balaban J connectivity index is 1.39. The first-order chi connectivity index (χ1) is 16.5. The van der Waals surface area contributed by atoms with E-state index in [0.29, 0.717) is 18.1 Å². The minimum Gasteiger partial charge on any atom is -0.352 e. The number of likely N-dealkylation sites (tertiary alicyclic amines) is 1. The molecule has 1 aliphatic heterocycles. The molecular weight excluding hydrogens is 450 g/mol. The molecule has 0 aliphatic carbocycles. The molecule has 2 N–H and O–H groups in total. The number of guanidine groups is 1. The van der Waals surface area contributed by atoms with Crippen LogP contribution in [0.25, 0.3) is 0 Å². The molecule has 1 amide bonds. The second-order valence-electron chi connectivity index (χ2n) is 7.96. The Kier molecular flexibility index (Phi) is 7.22. The van der Waals surface area contributed by atoms with Gasteiger partial charge < -0.3 is 15.5 Å². The van der Waals surface area contributed by atoms with Gasteiger partial charge in [-0.1, -0.05) is 12.1 Å². The first-order valence-corrected chi connectivity index (χ1v) is 12.6. The van der Waals surface area contributed by atoms with Crippen LogP contribution in [0.5, 0.6) is 0 Å². The van der Waals surface area contributed by atoms with Crippen molar-refractivity contribution in [2.24, 2.45) is 4.99 Å². The lowest BCUT2D eigenvalue weighted by atomic mass is 10.2. The van der Waals surface area contributed by atoms with Crippen molar-refractivity contribution in [3.05, 3.63) is 84.2 Å². The number of hydrogen-bond acceptors (Lipinski definition) is 5. The number of carbonyl (C=O) groups excluding carboxylic acids is 1. The number of nitrogens with zero attached hydrogens (tertiary/aromatic N) is 3. The number of aromatic nitrogens is 1. The van der Waals surface area contributed by atoms with Crippen molar-refractivity contribution in [3.63, 3.8) is 0 Å². The summed E-state index contributed by atoms with van der Waals surface area (Å²) in [5, 5.41) is 6.36. The van der Waals surface area contributed by atoms with Crippen LogP contribution in [0, 0.1) is 0 Å². The molecule has 0 spiro atoms. The summed E-state index contributed by atoms with van der Waals surface area (Å²) in [5.74, 6) is 0.540. The third kappa shape index (κ3) is 5.43. The smallest absolute Gasteiger partial charge is 0.253 e. The van der Waals surface area contributed by atoms with Crippen molar-refractivity contribution < 1.29 is 13.2 Å². The minimum absolute atomic E-state index is 0.0493. The van der Waals surface area contributed by atoms with Gasteiger partial charge in [0.25, 0.3) is 5.91 Å². The Morgan fingerprint density at radius 1 is 0.941 bits per heavy atom. The molecule has 2 aromatic carbocycles. The summed E-state index contributed by atoms with van der Waals surface area (Å²) in [4.78, 5) is 22.8. The van der Waals surface area contributed by atoms with E-state index >= 15 is 0 Å². The number of hydrogen-bond donors (Lipinski definition) is 2. The SMILES string of the molecule is CN=C(NCc1ccc(S(=O)(=O)c2ccc(C(=O)N3CCCC3)cc2)cc1)Nc1ccncc1. The molecule has 4 rings (SSSR count). The van der Waals surface area contributed by atoms with Crippen LogP contribution in [0.1, 0.15) is 28.8 Å². The molecule has 176 valence electrons. The number of carbonyl (C=O) groups is 1. The van der Waals surface area contributed by atoms with Gasteiger partial charge in [-0.05, 0) is 66.9 Å². The highest BCUT2D eigenvalue weighted by Crippen LogP contribution is 2.22. The monoisotopic (exact) mass is 477 g/mol. The van der Waals surface area contributed by atoms with E-state index in [1.54, 1.807) is 60.7 Å². The number of aliphatic imine (C=N–C) groups is 1. The van der Waals surface area contributed by atoms with Crippen LogP contribution in [0.4, 0.5) is 5.69 Å². The van der Waals surface area contributed by atoms with Gasteiger partial charge in [-0.25, -0.2) is 8.42 Å². The summed E-state index contributed by atoms with van der Waals surface area (Å²) in [5.41, 5.74) is 2.27. The van der Waals surface area contributed by atoms with Crippen molar-refractivity contribution >= 4 is 27.4 Å². The van der Waals surface area contributed by atoms with Crippen LogP contribution in [-0.2, 0) is 16.4 Å². The number of rotatable bonds is 6. The van der Waals surface area contributed by atoms with Crippen LogP contribution in [-0.4, -0.2) is 50.3 Å². The van der Waals surface area contributed by atoms with Crippen molar-refractivity contribution in [1.29, 1.82) is 0 Å². The van der Waals surface area contributed by atoms with E-state index in [1.807, 2.05) is 12.1 Å². The molecule has 2 heterocycles. The molecule has 0 unspecified atom stereocenters. The van der Waals surface area contributed by atoms with E-state index in [2.05, 4.69) is 20.6 Å². The van der Waals surface area contributed by atoms with Crippen LogP contribution >= 0.6 is 0 Å². The second kappa shape index (κ2) is 10.5. The molecule has 1 fully saturated rings. The number of nitrogens with one attached hydrogen (secondary N) is 2. The zero-order chi connectivity index (χ0) is 24.0. The topological polar surface area (TPSA) is 104 Å². The average molecular weight is 478 g/mol. The fourth-order valence-electron chi connectivity index (χ4n) is 3.74. The molecule has 3 aromatic rings. The van der Waals surface area contributed by atoms with E-state index in [0.717, 1.165) is 37.2 Å². The maximum Gasteiger partial charge on any atom is 0.253 e. The standard InChI is InChI=1S/C25H27N5O3S/c1-26-25(29-21-12-14-27-15-13-21)28-18-19-4-8-22(9-5-19)34(32,33)23-10-6-20(7-11-23)24(31)30-16-2-3-17-30/h4-15H,2-3,16-18H2,1H3,(H2,26,27,28,29). The highest BCUT2D eigenvalue weighted by Gasteiger charge is 2.21. The van der Waals surface area contributed by atoms with Crippen molar-refractivity contribution in [1.82, 2.24) is 15.2 Å². The van der Waals surface area contributed by atoms with Crippen LogP contribution in [0.2, 0.25) is 0 Å². The Labute approximate surface area is 199 Å². The van der Waals surface area contributed by atoms with Crippen molar-refractivity contribution in [3.8, 4) is 0 Å². The molecule has 34 heavy (non-hydrogen) atoms. The van der Waals surface area contributed by atoms with Crippen molar-refractivity contribution in [2.75, 3.05) is 25.5 Å². The second-order valence-corrected chi connectivity index (χ2v) is 9.91. The predicted molar refractivity (Wildman–Crippen MR) is 132 cm³/mol. The summed E-state index contributed by atoms with van der Waals surface area (Å²) in [6.45, 7) is 1.98. The molecule has 0 radical (unpaired) electrons. The Morgan fingerprint density at radius 2 is 1.53 bits per heavy atom. The van der Waals surface area contributed by atoms with Crippen molar-refractivity contribution in [2.45, 2.75) is 29.2 Å². The van der Waals surface area contributed by atoms with E-state index in [1.165, 1.54) is 12.1 Å². The zero-order valence-electron chi connectivity index (χ0n) is 18.9. The van der Waals surface area contributed by atoms with Gasteiger partial charge in [-0.3, -0.25) is 14.8 Å². The van der Waals surface area contributed by atoms with Crippen LogP contribution in [0.3, 0.4) is 0 Å². The minimum atomic E-state index is -3.68. The lowest BCUT2D eigenvalue weighted by molar-refractivity contribution is 0.0792. The first-order valence-electron chi connectivity index (χ1n) is 11.1. The molecule has 8 nitrogen and oxygen atoms in total. The van der Waals surface area contributed by atoms with Gasteiger partial charge in [-0.2, -0.15) is 0 Å². The van der Waals surface area contributed by atoms with E-state index < -0.39 is 9.84 Å². The maximum absolute atomic E-state index is 13.1. The van der Waals surface area contributed by atoms with Crippen LogP contribution in [0.15, 0.2) is 87.8 Å². The molecule has 0 saturated carbocycles. The quantitative estimate of drug-likeness (QED) is 0.417. The Bertz CT molecular complexity index is 1250. The first kappa shape index (κ1) is 23.4. The van der Waals surface area contributed by atoms with Gasteiger partial charge in [0, 0.05) is 50.3 Å². The van der Waals surface area contributed by atoms with Gasteiger partial charge in [-0.15, -0.1) is 0 Å². The highest BCUT2D eigenvalue weighted by molar-refractivity contribution is 7.91. The van der Waals surface area contributed by atoms with Gasteiger partial charge in [0.05, 0.1) is 9.79 Å². The number of benzene rings is 2. The zero-order valence-corrected chi connectivity index (χ0v) is 19.8. The third-order valence-electron chi connectivity index (χ3n) is 5.67. The summed E-state index contributed by atoms with van der Waals surface area (Å²) < 4.78 is 26.1. The number of amides is 1. The predicted octanol–water partition coefficient (Wildman–Crippen LogP) is 3.34. The van der Waals surface area contributed by atoms with Crippen LogP contribution < -0.4 is 10.6 Å². The van der Waals surface area contributed by atoms with Gasteiger partial charge in [0.15, 0.2) is 5.96 Å². The third-order valence-corrected chi connectivity index (χ3v) is 7.45. The normalized spacial score (nSPS) is 14.1. The summed E-state index contributed by atoms with van der Waals surface area (Å²) >= 11 is 0. The molecule has 1 saturated heterocycles. The number of anilines is 1. The molecule has 1 aliphatic rings. The van der Waals surface area contributed by atoms with E-state index in [9.17, 15) is 13.2 Å². The fourth-order valence-corrected chi connectivity index (χ4v) is 5.00. The lowest BCUT2D eigenvalue weighted by Gasteiger charge is -2.15. The molecule has 9 heteroatoms. The fraction of sp³-hybridized carbons (Fsp3) is 0.240.